The van der Waals surface area contributed by atoms with Crippen LogP contribution < -0.4 is 0 Å². The van der Waals surface area contributed by atoms with E-state index in [0.717, 1.165) is 6.42 Å². The van der Waals surface area contributed by atoms with E-state index in [1.54, 1.807) is 7.11 Å². The summed E-state index contributed by atoms with van der Waals surface area (Å²) in [5.41, 5.74) is 0. The van der Waals surface area contributed by atoms with Crippen LogP contribution in [0.1, 0.15) is 32.1 Å². The zero-order chi connectivity index (χ0) is 13.4. The monoisotopic (exact) mass is 260 g/mol. The summed E-state index contributed by atoms with van der Waals surface area (Å²) in [7, 11) is 1.62. The van der Waals surface area contributed by atoms with Crippen LogP contribution in [0, 0.1) is 17.2 Å². The molecule has 0 spiro atoms. The Labute approximate surface area is 108 Å². The van der Waals surface area contributed by atoms with E-state index in [1.165, 1.54) is 0 Å². The first-order valence-electron chi connectivity index (χ1n) is 6.53. The van der Waals surface area contributed by atoms with Crippen molar-refractivity contribution >= 4 is 0 Å². The predicted molar refractivity (Wildman–Crippen MR) is 65.5 cm³/mol. The molecule has 0 amide bonds. The first kappa shape index (κ1) is 15.3. The first-order chi connectivity index (χ1) is 8.57. The van der Waals surface area contributed by atoms with Gasteiger partial charge in [-0.25, -0.2) is 8.78 Å². The van der Waals surface area contributed by atoms with Crippen molar-refractivity contribution in [2.24, 2.45) is 5.92 Å². The third-order valence-electron chi connectivity index (χ3n) is 3.41. The number of rotatable bonds is 7. The summed E-state index contributed by atoms with van der Waals surface area (Å²) in [5, 5.41) is 8.60. The van der Waals surface area contributed by atoms with E-state index in [2.05, 4.69) is 11.0 Å². The zero-order valence-corrected chi connectivity index (χ0v) is 11.0. The van der Waals surface area contributed by atoms with E-state index in [9.17, 15) is 8.78 Å². The number of ether oxygens (including phenoxy) is 1. The number of hydrogen-bond acceptors (Lipinski definition) is 3. The van der Waals surface area contributed by atoms with Crippen LogP contribution in [0.2, 0.25) is 0 Å². The molecule has 0 saturated heterocycles. The molecule has 3 nitrogen and oxygen atoms in total. The van der Waals surface area contributed by atoms with Crippen molar-refractivity contribution in [3.63, 3.8) is 0 Å². The highest BCUT2D eigenvalue weighted by molar-refractivity contribution is 4.81. The second-order valence-corrected chi connectivity index (χ2v) is 5.02. The molecule has 1 atom stereocenters. The topological polar surface area (TPSA) is 36.3 Å². The highest BCUT2D eigenvalue weighted by Gasteiger charge is 2.36. The van der Waals surface area contributed by atoms with Crippen LogP contribution in [-0.4, -0.2) is 44.2 Å². The van der Waals surface area contributed by atoms with Crippen molar-refractivity contribution in [2.75, 3.05) is 33.4 Å². The third kappa shape index (κ3) is 5.74. The van der Waals surface area contributed by atoms with Gasteiger partial charge in [-0.05, 0) is 18.8 Å². The Balaban J connectivity index is 2.40. The lowest BCUT2D eigenvalue weighted by molar-refractivity contribution is -0.0573. The summed E-state index contributed by atoms with van der Waals surface area (Å²) in [5.74, 6) is -2.45. The van der Waals surface area contributed by atoms with Gasteiger partial charge >= 0.3 is 0 Å². The highest BCUT2D eigenvalue weighted by atomic mass is 19.3. The van der Waals surface area contributed by atoms with Crippen LogP contribution in [-0.2, 0) is 4.74 Å². The summed E-state index contributed by atoms with van der Waals surface area (Å²) in [6, 6.07) is 2.10. The van der Waals surface area contributed by atoms with Crippen LogP contribution >= 0.6 is 0 Å². The summed E-state index contributed by atoms with van der Waals surface area (Å²) < 4.78 is 31.6. The van der Waals surface area contributed by atoms with Crippen molar-refractivity contribution in [1.82, 2.24) is 4.90 Å². The van der Waals surface area contributed by atoms with Crippen LogP contribution in [0.5, 0.6) is 0 Å². The van der Waals surface area contributed by atoms with Gasteiger partial charge in [0.15, 0.2) is 0 Å². The van der Waals surface area contributed by atoms with Gasteiger partial charge in [-0.2, -0.15) is 5.26 Å². The molecule has 1 aliphatic carbocycles. The molecule has 1 aliphatic rings. The molecule has 0 aromatic rings. The van der Waals surface area contributed by atoms with Gasteiger partial charge in [0.25, 0.3) is 0 Å². The number of nitrogens with zero attached hydrogens (tertiary/aromatic N) is 2. The second kappa shape index (κ2) is 7.65. The van der Waals surface area contributed by atoms with Crippen molar-refractivity contribution < 1.29 is 13.5 Å². The van der Waals surface area contributed by atoms with Crippen molar-refractivity contribution in [3.8, 4) is 6.07 Å². The maximum Gasteiger partial charge on any atom is 0.248 e. The van der Waals surface area contributed by atoms with Crippen LogP contribution in [0.15, 0.2) is 0 Å². The first-order valence-corrected chi connectivity index (χ1v) is 6.53. The largest absolute Gasteiger partial charge is 0.383 e. The van der Waals surface area contributed by atoms with Crippen LogP contribution in [0.25, 0.3) is 0 Å². The molecule has 0 bridgehead atoms. The maximum atomic E-state index is 13.3. The normalized spacial score (nSPS) is 22.9. The molecule has 0 aromatic heterocycles. The lowest BCUT2D eigenvalue weighted by Crippen LogP contribution is -2.37. The molecule has 104 valence electrons. The molecule has 0 radical (unpaired) electrons. The fourth-order valence-corrected chi connectivity index (χ4v) is 2.52. The minimum Gasteiger partial charge on any atom is -0.383 e. The van der Waals surface area contributed by atoms with Gasteiger partial charge in [-0.15, -0.1) is 0 Å². The number of alkyl halides is 2. The van der Waals surface area contributed by atoms with Gasteiger partial charge in [0.1, 0.15) is 0 Å². The quantitative estimate of drug-likeness (QED) is 0.706. The van der Waals surface area contributed by atoms with E-state index in [-0.39, 0.29) is 18.8 Å². The predicted octanol–water partition coefficient (Wildman–Crippen LogP) is 2.67. The fourth-order valence-electron chi connectivity index (χ4n) is 2.52. The molecule has 1 rings (SSSR count). The third-order valence-corrected chi connectivity index (χ3v) is 3.41. The lowest BCUT2D eigenvalue weighted by Gasteiger charge is -2.32. The van der Waals surface area contributed by atoms with E-state index >= 15 is 0 Å². The van der Waals surface area contributed by atoms with Crippen molar-refractivity contribution in [2.45, 2.75) is 38.0 Å². The summed E-state index contributed by atoms with van der Waals surface area (Å²) >= 11 is 0. The molecule has 0 aliphatic heterocycles. The summed E-state index contributed by atoms with van der Waals surface area (Å²) in [4.78, 5) is 2.07. The minimum absolute atomic E-state index is 0.0109. The van der Waals surface area contributed by atoms with Gasteiger partial charge in [0.2, 0.25) is 5.92 Å². The van der Waals surface area contributed by atoms with Gasteiger partial charge in [-0.3, -0.25) is 4.90 Å². The second-order valence-electron chi connectivity index (χ2n) is 5.02. The average Bonchev–Trinajstić information content (AvgIpc) is 2.31. The van der Waals surface area contributed by atoms with Gasteiger partial charge in [0, 0.05) is 46.0 Å². The lowest BCUT2D eigenvalue weighted by atomic mass is 9.86. The molecule has 1 saturated carbocycles. The van der Waals surface area contributed by atoms with E-state index in [0.29, 0.717) is 39.1 Å². The van der Waals surface area contributed by atoms with Gasteiger partial charge < -0.3 is 4.74 Å². The zero-order valence-electron chi connectivity index (χ0n) is 11.0. The standard InChI is InChI=1S/C13H22F2N2O/c1-18-9-8-17(7-3-6-16)11-12-4-2-5-13(14,15)10-12/h12H,2-5,7-11H2,1H3. The van der Waals surface area contributed by atoms with Gasteiger partial charge in [0.05, 0.1) is 12.7 Å². The van der Waals surface area contributed by atoms with E-state index in [1.807, 2.05) is 0 Å². The molecular weight excluding hydrogens is 238 g/mol. The molecule has 18 heavy (non-hydrogen) atoms. The molecule has 1 fully saturated rings. The molecule has 0 aromatic carbocycles. The Morgan fingerprint density at radius 3 is 2.83 bits per heavy atom. The van der Waals surface area contributed by atoms with Crippen molar-refractivity contribution in [1.29, 1.82) is 5.26 Å². The van der Waals surface area contributed by atoms with Gasteiger partial charge in [-0.1, -0.05) is 0 Å². The number of methoxy groups -OCH3 is 1. The van der Waals surface area contributed by atoms with E-state index < -0.39 is 5.92 Å². The number of hydrogen-bond donors (Lipinski definition) is 0. The smallest absolute Gasteiger partial charge is 0.248 e. The Kier molecular flexibility index (Phi) is 6.51. The summed E-state index contributed by atoms with van der Waals surface area (Å²) in [6.45, 7) is 2.58. The average molecular weight is 260 g/mol. The molecular formula is C13H22F2N2O. The Morgan fingerprint density at radius 1 is 1.44 bits per heavy atom. The number of nitriles is 1. The Bertz CT molecular complexity index is 279. The van der Waals surface area contributed by atoms with E-state index in [4.69, 9.17) is 10.00 Å². The summed E-state index contributed by atoms with van der Waals surface area (Å²) in [6.07, 6.45) is 1.93. The molecule has 0 N–H and O–H groups in total. The molecule has 5 heteroatoms. The minimum atomic E-state index is -2.49. The Hall–Kier alpha value is -0.730. The maximum absolute atomic E-state index is 13.3. The van der Waals surface area contributed by atoms with Crippen LogP contribution in [0.4, 0.5) is 8.78 Å². The number of halogens is 2. The fraction of sp³-hybridized carbons (Fsp3) is 0.923. The Morgan fingerprint density at radius 2 is 2.22 bits per heavy atom. The highest BCUT2D eigenvalue weighted by Crippen LogP contribution is 2.36. The van der Waals surface area contributed by atoms with Crippen LogP contribution in [0.3, 0.4) is 0 Å². The molecule has 0 heterocycles. The van der Waals surface area contributed by atoms with Crippen molar-refractivity contribution in [3.05, 3.63) is 0 Å². The SMILES string of the molecule is COCCN(CCC#N)CC1CCCC(F)(F)C1. The molecule has 1 unspecified atom stereocenters.